The van der Waals surface area contributed by atoms with E-state index in [0.29, 0.717) is 0 Å². The van der Waals surface area contributed by atoms with Crippen LogP contribution in [0.5, 0.6) is 0 Å². The Morgan fingerprint density at radius 2 is 0.811 bits per heavy atom. The van der Waals surface area contributed by atoms with Crippen molar-refractivity contribution in [3.05, 3.63) is 127 Å². The summed E-state index contributed by atoms with van der Waals surface area (Å²) >= 11 is 0. The second kappa shape index (κ2) is 12.3. The lowest BCUT2D eigenvalue weighted by atomic mass is 9.91. The van der Waals surface area contributed by atoms with Crippen LogP contribution in [0, 0.1) is 0 Å². The minimum Gasteiger partial charge on any atom is -0.190 e. The quantitative estimate of drug-likeness (QED) is 0.138. The minimum atomic E-state index is 0.985. The summed E-state index contributed by atoms with van der Waals surface area (Å²) < 4.78 is 2.61. The van der Waals surface area contributed by atoms with Gasteiger partial charge in [0.2, 0.25) is 11.4 Å². The predicted molar refractivity (Wildman–Crippen MR) is 157 cm³/mol. The van der Waals surface area contributed by atoms with Gasteiger partial charge in [-0.2, -0.15) is 4.57 Å². The summed E-state index contributed by atoms with van der Waals surface area (Å²) in [6.45, 7) is 3.27. The Bertz CT molecular complexity index is 1290. The van der Waals surface area contributed by atoms with E-state index in [4.69, 9.17) is 0 Å². The molecule has 37 heavy (non-hydrogen) atoms. The smallest absolute Gasteiger partial charge is 0.190 e. The van der Waals surface area contributed by atoms with Crippen LogP contribution in [-0.4, -0.2) is 0 Å². The summed E-state index contributed by atoms with van der Waals surface area (Å²) in [5, 5.41) is 0. The molecule has 0 unspecified atom stereocenters. The van der Waals surface area contributed by atoms with Crippen LogP contribution in [-0.2, 0) is 6.54 Å². The van der Waals surface area contributed by atoms with Crippen molar-refractivity contribution in [2.24, 2.45) is 0 Å². The molecule has 1 nitrogen and oxygen atoms in total. The lowest BCUT2D eigenvalue weighted by Gasteiger charge is -2.18. The highest BCUT2D eigenvalue weighted by molar-refractivity contribution is 5.88. The molecule has 1 heteroatoms. The van der Waals surface area contributed by atoms with Gasteiger partial charge in [0, 0.05) is 17.5 Å². The summed E-state index contributed by atoms with van der Waals surface area (Å²) in [5.74, 6) is 0. The lowest BCUT2D eigenvalue weighted by Crippen LogP contribution is -2.40. The maximum Gasteiger partial charge on any atom is 0.220 e. The van der Waals surface area contributed by atoms with Crippen molar-refractivity contribution in [3.63, 3.8) is 0 Å². The first kappa shape index (κ1) is 24.7. The Labute approximate surface area is 222 Å². The van der Waals surface area contributed by atoms with Crippen molar-refractivity contribution in [2.45, 2.75) is 45.6 Å². The molecule has 0 saturated heterocycles. The average molecular weight is 483 g/mol. The van der Waals surface area contributed by atoms with Crippen LogP contribution in [0.3, 0.4) is 0 Å². The van der Waals surface area contributed by atoms with Gasteiger partial charge in [-0.3, -0.25) is 0 Å². The van der Waals surface area contributed by atoms with Gasteiger partial charge in [-0.25, -0.2) is 0 Å². The van der Waals surface area contributed by atoms with E-state index in [2.05, 4.69) is 139 Å². The lowest BCUT2D eigenvalue weighted by molar-refractivity contribution is -0.675. The van der Waals surface area contributed by atoms with Crippen molar-refractivity contribution in [3.8, 4) is 44.8 Å². The highest BCUT2D eigenvalue weighted by Crippen LogP contribution is 2.38. The summed E-state index contributed by atoms with van der Waals surface area (Å²) in [5.41, 5.74) is 10.1. The van der Waals surface area contributed by atoms with Crippen LogP contribution in [0.1, 0.15) is 39.0 Å². The maximum atomic E-state index is 2.61. The number of rotatable bonds is 10. The molecule has 0 saturated carbocycles. The summed E-state index contributed by atoms with van der Waals surface area (Å²) in [4.78, 5) is 0. The zero-order valence-corrected chi connectivity index (χ0v) is 21.8. The Hall–Kier alpha value is -3.97. The minimum absolute atomic E-state index is 0.985. The zero-order valence-electron chi connectivity index (χ0n) is 21.8. The molecule has 184 valence electrons. The second-order valence-electron chi connectivity index (χ2n) is 9.70. The van der Waals surface area contributed by atoms with Gasteiger partial charge in [0.15, 0.2) is 0 Å². The molecule has 0 atom stereocenters. The second-order valence-corrected chi connectivity index (χ2v) is 9.70. The Morgan fingerprint density at radius 1 is 0.432 bits per heavy atom. The van der Waals surface area contributed by atoms with E-state index in [-0.39, 0.29) is 0 Å². The Morgan fingerprint density at radius 3 is 1.22 bits per heavy atom. The van der Waals surface area contributed by atoms with Crippen LogP contribution in [0.2, 0.25) is 0 Å². The third-order valence-corrected chi connectivity index (χ3v) is 7.09. The molecular weight excluding hydrogens is 446 g/mol. The molecule has 0 aliphatic carbocycles. The largest absolute Gasteiger partial charge is 0.220 e. The molecule has 5 rings (SSSR count). The zero-order chi connectivity index (χ0) is 25.3. The number of hydrogen-bond acceptors (Lipinski definition) is 0. The normalized spacial score (nSPS) is 10.9. The summed E-state index contributed by atoms with van der Waals surface area (Å²) in [6.07, 6.45) is 6.28. The number of hydrogen-bond donors (Lipinski definition) is 0. The first-order valence-electron chi connectivity index (χ1n) is 13.7. The number of aromatic nitrogens is 1. The third-order valence-electron chi connectivity index (χ3n) is 7.09. The summed E-state index contributed by atoms with van der Waals surface area (Å²) in [6, 6.07) is 46.0. The number of benzene rings is 4. The Balaban J connectivity index is 1.83. The SMILES string of the molecule is CCCCCCC[n+]1c(-c2ccccc2)c(-c2ccccc2)cc(-c2ccccc2)c1-c1ccccc1. The van der Waals surface area contributed by atoms with Crippen molar-refractivity contribution in [2.75, 3.05) is 0 Å². The van der Waals surface area contributed by atoms with Gasteiger partial charge in [-0.15, -0.1) is 0 Å². The van der Waals surface area contributed by atoms with Crippen molar-refractivity contribution < 1.29 is 4.57 Å². The van der Waals surface area contributed by atoms with E-state index in [9.17, 15) is 0 Å². The maximum absolute atomic E-state index is 2.61. The average Bonchev–Trinajstić information content (AvgIpc) is 2.98. The first-order valence-corrected chi connectivity index (χ1v) is 13.7. The number of unbranched alkanes of at least 4 members (excludes halogenated alkanes) is 4. The number of pyridine rings is 1. The van der Waals surface area contributed by atoms with Gasteiger partial charge in [-0.1, -0.05) is 123 Å². The molecule has 0 aliphatic rings. The predicted octanol–water partition coefficient (Wildman–Crippen LogP) is 9.61. The molecule has 1 aromatic heterocycles. The van der Waals surface area contributed by atoms with Crippen LogP contribution in [0.25, 0.3) is 44.8 Å². The molecule has 4 aromatic carbocycles. The molecule has 1 heterocycles. The van der Waals surface area contributed by atoms with E-state index in [1.165, 1.54) is 70.5 Å². The van der Waals surface area contributed by atoms with E-state index in [1.54, 1.807) is 0 Å². The van der Waals surface area contributed by atoms with Crippen LogP contribution in [0.15, 0.2) is 127 Å². The Kier molecular flexibility index (Phi) is 8.23. The fourth-order valence-electron chi connectivity index (χ4n) is 5.27. The molecular formula is C36H36N+. The molecule has 0 spiro atoms. The van der Waals surface area contributed by atoms with Gasteiger partial charge in [-0.05, 0) is 47.9 Å². The molecule has 0 aliphatic heterocycles. The van der Waals surface area contributed by atoms with Gasteiger partial charge in [0.1, 0.15) is 6.54 Å². The number of nitrogens with zero attached hydrogens (tertiary/aromatic N) is 1. The monoisotopic (exact) mass is 482 g/mol. The molecule has 0 fully saturated rings. The van der Waals surface area contributed by atoms with Crippen LogP contribution < -0.4 is 4.57 Å². The fourth-order valence-corrected chi connectivity index (χ4v) is 5.27. The van der Waals surface area contributed by atoms with Crippen molar-refractivity contribution in [1.82, 2.24) is 0 Å². The highest BCUT2D eigenvalue weighted by Gasteiger charge is 2.29. The van der Waals surface area contributed by atoms with E-state index < -0.39 is 0 Å². The van der Waals surface area contributed by atoms with E-state index >= 15 is 0 Å². The molecule has 0 amide bonds. The fraction of sp³-hybridized carbons (Fsp3) is 0.194. The molecule has 0 bridgehead atoms. The molecule has 5 aromatic rings. The highest BCUT2D eigenvalue weighted by atomic mass is 15.0. The van der Waals surface area contributed by atoms with Crippen molar-refractivity contribution in [1.29, 1.82) is 0 Å². The van der Waals surface area contributed by atoms with Gasteiger partial charge in [0.25, 0.3) is 0 Å². The summed E-state index contributed by atoms with van der Waals surface area (Å²) in [7, 11) is 0. The van der Waals surface area contributed by atoms with Crippen LogP contribution in [0.4, 0.5) is 0 Å². The van der Waals surface area contributed by atoms with Gasteiger partial charge >= 0.3 is 0 Å². The van der Waals surface area contributed by atoms with E-state index in [0.717, 1.165) is 13.0 Å². The van der Waals surface area contributed by atoms with E-state index in [1.807, 2.05) is 0 Å². The molecule has 0 N–H and O–H groups in total. The van der Waals surface area contributed by atoms with Gasteiger partial charge in [0.05, 0.1) is 11.1 Å². The third kappa shape index (κ3) is 5.73. The topological polar surface area (TPSA) is 3.88 Å². The standard InChI is InChI=1S/C36H36N/c1-2-3-4-5-18-27-37-35(31-23-14-8-15-24-31)33(29-19-10-6-11-20-29)28-34(30-21-12-7-13-22-30)36(37)32-25-16-9-17-26-32/h6-17,19-26,28H,2-5,18,27H2,1H3/q+1. The van der Waals surface area contributed by atoms with Gasteiger partial charge < -0.3 is 0 Å². The van der Waals surface area contributed by atoms with Crippen LogP contribution >= 0.6 is 0 Å². The van der Waals surface area contributed by atoms with Crippen molar-refractivity contribution >= 4 is 0 Å². The first-order chi connectivity index (χ1) is 18.4. The molecule has 0 radical (unpaired) electrons.